The Hall–Kier alpha value is -1.59. The van der Waals surface area contributed by atoms with E-state index in [-0.39, 0.29) is 17.7 Å². The third kappa shape index (κ3) is 6.20. The second-order valence-electron chi connectivity index (χ2n) is 6.02. The van der Waals surface area contributed by atoms with Crippen LogP contribution in [-0.2, 0) is 16.0 Å². The Balaban J connectivity index is 1.64. The Morgan fingerprint density at radius 1 is 1.39 bits per heavy atom. The van der Waals surface area contributed by atoms with Crippen molar-refractivity contribution in [1.82, 2.24) is 10.2 Å². The number of nitrogens with one attached hydrogen (secondary N) is 1. The van der Waals surface area contributed by atoms with Crippen molar-refractivity contribution in [2.24, 2.45) is 11.7 Å². The topological polar surface area (TPSA) is 75.4 Å². The molecular weight excluding hydrogens is 314 g/mol. The molecule has 0 aromatic heterocycles. The molecule has 0 radical (unpaired) electrons. The van der Waals surface area contributed by atoms with Crippen LogP contribution in [0.25, 0.3) is 0 Å². The number of rotatable bonds is 7. The van der Waals surface area contributed by atoms with E-state index >= 15 is 0 Å². The van der Waals surface area contributed by atoms with Gasteiger partial charge in [-0.15, -0.1) is 0 Å². The van der Waals surface area contributed by atoms with E-state index in [0.717, 1.165) is 31.5 Å². The van der Waals surface area contributed by atoms with Crippen LogP contribution in [0.5, 0.6) is 0 Å². The molecule has 1 aromatic carbocycles. The molecule has 2 amide bonds. The zero-order valence-electron chi connectivity index (χ0n) is 13.3. The molecule has 0 aliphatic carbocycles. The lowest BCUT2D eigenvalue weighted by molar-refractivity contribution is -0.124. The molecule has 126 valence electrons. The number of nitrogens with two attached hydrogens (primary N) is 1. The number of aryl methyl sites for hydroxylation is 1. The largest absolute Gasteiger partial charge is 0.369 e. The lowest BCUT2D eigenvalue weighted by Gasteiger charge is -2.31. The van der Waals surface area contributed by atoms with Gasteiger partial charge < -0.3 is 16.0 Å². The summed E-state index contributed by atoms with van der Waals surface area (Å²) >= 11 is 5.92. The van der Waals surface area contributed by atoms with Gasteiger partial charge in [-0.1, -0.05) is 23.7 Å². The van der Waals surface area contributed by atoms with Crippen molar-refractivity contribution >= 4 is 23.4 Å². The van der Waals surface area contributed by atoms with Crippen molar-refractivity contribution < 1.29 is 9.59 Å². The Morgan fingerprint density at radius 2 is 2.22 bits per heavy atom. The van der Waals surface area contributed by atoms with Crippen molar-refractivity contribution in [3.8, 4) is 0 Å². The molecule has 1 atom stereocenters. The first-order chi connectivity index (χ1) is 11.0. The fourth-order valence-corrected chi connectivity index (χ4v) is 3.10. The molecule has 0 spiro atoms. The van der Waals surface area contributed by atoms with E-state index in [1.54, 1.807) is 0 Å². The second-order valence-corrected chi connectivity index (χ2v) is 6.46. The van der Waals surface area contributed by atoms with Crippen LogP contribution >= 0.6 is 11.6 Å². The Labute approximate surface area is 142 Å². The number of primary amides is 1. The lowest BCUT2D eigenvalue weighted by atomic mass is 9.97. The standard InChI is InChI=1S/C17H24ClN3O2/c18-15-5-1-3-13(11-15)6-7-16(22)20-8-10-21-9-2-4-14(12-21)17(19)23/h1,3,5,11,14H,2,4,6-10,12H2,(H2,19,23)(H,20,22). The number of nitrogens with zero attached hydrogens (tertiary/aromatic N) is 1. The van der Waals surface area contributed by atoms with Crippen molar-refractivity contribution in [2.75, 3.05) is 26.2 Å². The van der Waals surface area contributed by atoms with Gasteiger partial charge in [-0.05, 0) is 43.5 Å². The van der Waals surface area contributed by atoms with Crippen molar-refractivity contribution in [2.45, 2.75) is 25.7 Å². The number of benzene rings is 1. The van der Waals surface area contributed by atoms with Gasteiger partial charge in [0.2, 0.25) is 11.8 Å². The first-order valence-corrected chi connectivity index (χ1v) is 8.45. The lowest BCUT2D eigenvalue weighted by Crippen LogP contribution is -2.44. The Morgan fingerprint density at radius 3 is 2.96 bits per heavy atom. The molecule has 1 aromatic rings. The van der Waals surface area contributed by atoms with Crippen LogP contribution in [0.3, 0.4) is 0 Å². The SMILES string of the molecule is NC(=O)C1CCCN(CCNC(=O)CCc2cccc(Cl)c2)C1. The third-order valence-electron chi connectivity index (χ3n) is 4.19. The first kappa shape index (κ1) is 17.8. The monoisotopic (exact) mass is 337 g/mol. The van der Waals surface area contributed by atoms with E-state index in [4.69, 9.17) is 17.3 Å². The van der Waals surface area contributed by atoms with Gasteiger partial charge in [-0.3, -0.25) is 9.59 Å². The van der Waals surface area contributed by atoms with Gasteiger partial charge in [-0.2, -0.15) is 0 Å². The summed E-state index contributed by atoms with van der Waals surface area (Å²) < 4.78 is 0. The van der Waals surface area contributed by atoms with Gasteiger partial charge in [0.1, 0.15) is 0 Å². The molecule has 23 heavy (non-hydrogen) atoms. The van der Waals surface area contributed by atoms with Crippen LogP contribution in [0.1, 0.15) is 24.8 Å². The molecule has 1 aliphatic heterocycles. The zero-order valence-corrected chi connectivity index (χ0v) is 14.0. The van der Waals surface area contributed by atoms with E-state index in [2.05, 4.69) is 10.2 Å². The summed E-state index contributed by atoms with van der Waals surface area (Å²) in [5.74, 6) is -0.240. The average molecular weight is 338 g/mol. The van der Waals surface area contributed by atoms with Crippen LogP contribution in [0.2, 0.25) is 5.02 Å². The van der Waals surface area contributed by atoms with Crippen LogP contribution in [-0.4, -0.2) is 42.9 Å². The Bertz CT molecular complexity index is 550. The van der Waals surface area contributed by atoms with E-state index in [1.165, 1.54) is 0 Å². The van der Waals surface area contributed by atoms with Gasteiger partial charge >= 0.3 is 0 Å². The minimum absolute atomic E-state index is 0.0356. The van der Waals surface area contributed by atoms with Gasteiger partial charge in [0.05, 0.1) is 5.92 Å². The average Bonchev–Trinajstić information content (AvgIpc) is 2.53. The number of likely N-dealkylation sites (tertiary alicyclic amines) is 1. The molecule has 1 saturated heterocycles. The quantitative estimate of drug-likeness (QED) is 0.793. The van der Waals surface area contributed by atoms with E-state index in [0.29, 0.717) is 31.0 Å². The van der Waals surface area contributed by atoms with Crippen LogP contribution in [0.15, 0.2) is 24.3 Å². The molecular formula is C17H24ClN3O2. The number of halogens is 1. The number of amides is 2. The number of carbonyl (C=O) groups excluding carboxylic acids is 2. The molecule has 1 unspecified atom stereocenters. The summed E-state index contributed by atoms with van der Waals surface area (Å²) in [6.45, 7) is 3.02. The van der Waals surface area contributed by atoms with Crippen LogP contribution < -0.4 is 11.1 Å². The van der Waals surface area contributed by atoms with Gasteiger partial charge in [0, 0.05) is 31.1 Å². The third-order valence-corrected chi connectivity index (χ3v) is 4.42. The van der Waals surface area contributed by atoms with Gasteiger partial charge in [0.15, 0.2) is 0 Å². The first-order valence-electron chi connectivity index (χ1n) is 8.07. The second kappa shape index (κ2) is 8.89. The minimum atomic E-state index is -0.222. The molecule has 3 N–H and O–H groups in total. The molecule has 0 saturated carbocycles. The highest BCUT2D eigenvalue weighted by atomic mass is 35.5. The van der Waals surface area contributed by atoms with Crippen LogP contribution in [0, 0.1) is 5.92 Å². The van der Waals surface area contributed by atoms with E-state index < -0.39 is 0 Å². The molecule has 6 heteroatoms. The molecule has 5 nitrogen and oxygen atoms in total. The van der Waals surface area contributed by atoms with Gasteiger partial charge in [0.25, 0.3) is 0 Å². The Kier molecular flexibility index (Phi) is 6.86. The van der Waals surface area contributed by atoms with E-state index in [9.17, 15) is 9.59 Å². The summed E-state index contributed by atoms with van der Waals surface area (Å²) in [5.41, 5.74) is 6.43. The molecule has 1 aliphatic rings. The predicted molar refractivity (Wildman–Crippen MR) is 91.1 cm³/mol. The molecule has 1 fully saturated rings. The highest BCUT2D eigenvalue weighted by molar-refractivity contribution is 6.30. The normalized spacial score (nSPS) is 18.6. The maximum absolute atomic E-state index is 11.9. The highest BCUT2D eigenvalue weighted by Gasteiger charge is 2.23. The van der Waals surface area contributed by atoms with Crippen molar-refractivity contribution in [3.63, 3.8) is 0 Å². The molecule has 2 rings (SSSR count). The van der Waals surface area contributed by atoms with Crippen molar-refractivity contribution in [1.29, 1.82) is 0 Å². The summed E-state index contributed by atoms with van der Waals surface area (Å²) in [6, 6.07) is 7.56. The molecule has 0 bridgehead atoms. The number of hydrogen-bond acceptors (Lipinski definition) is 3. The number of hydrogen-bond donors (Lipinski definition) is 2. The highest BCUT2D eigenvalue weighted by Crippen LogP contribution is 2.15. The number of piperidine rings is 1. The maximum atomic E-state index is 11.9. The fourth-order valence-electron chi connectivity index (χ4n) is 2.88. The minimum Gasteiger partial charge on any atom is -0.369 e. The predicted octanol–water partition coefficient (Wildman–Crippen LogP) is 1.59. The van der Waals surface area contributed by atoms with E-state index in [1.807, 2.05) is 24.3 Å². The van der Waals surface area contributed by atoms with Crippen molar-refractivity contribution in [3.05, 3.63) is 34.9 Å². The fraction of sp³-hybridized carbons (Fsp3) is 0.529. The smallest absolute Gasteiger partial charge is 0.221 e. The summed E-state index contributed by atoms with van der Waals surface area (Å²) in [5, 5.41) is 3.62. The summed E-state index contributed by atoms with van der Waals surface area (Å²) in [6.07, 6.45) is 2.98. The summed E-state index contributed by atoms with van der Waals surface area (Å²) in [4.78, 5) is 25.3. The van der Waals surface area contributed by atoms with Crippen LogP contribution in [0.4, 0.5) is 0 Å². The molecule has 1 heterocycles. The van der Waals surface area contributed by atoms with Gasteiger partial charge in [-0.25, -0.2) is 0 Å². The number of carbonyl (C=O) groups is 2. The zero-order chi connectivity index (χ0) is 16.7. The maximum Gasteiger partial charge on any atom is 0.221 e. The summed E-state index contributed by atoms with van der Waals surface area (Å²) in [7, 11) is 0.